The van der Waals surface area contributed by atoms with E-state index in [9.17, 15) is 18.0 Å². The van der Waals surface area contributed by atoms with Crippen molar-refractivity contribution in [3.8, 4) is 0 Å². The summed E-state index contributed by atoms with van der Waals surface area (Å²) in [5.41, 5.74) is 6.12. The molecule has 2 rings (SSSR count). The molecule has 1 amide bonds. The second-order valence-electron chi connectivity index (χ2n) is 5.08. The van der Waals surface area contributed by atoms with Gasteiger partial charge in [0, 0.05) is 26.2 Å². The smallest absolute Gasteiger partial charge is 0.397 e. The molecule has 0 saturated carbocycles. The molecular formula is C13H17F3N4O. The molecule has 1 aliphatic rings. The Labute approximate surface area is 120 Å². The Morgan fingerprint density at radius 3 is 2.48 bits per heavy atom. The molecule has 1 aliphatic heterocycles. The van der Waals surface area contributed by atoms with Crippen molar-refractivity contribution in [3.63, 3.8) is 0 Å². The van der Waals surface area contributed by atoms with Gasteiger partial charge in [-0.3, -0.25) is 4.79 Å². The van der Waals surface area contributed by atoms with Gasteiger partial charge >= 0.3 is 12.1 Å². The molecule has 1 fully saturated rings. The fourth-order valence-corrected chi connectivity index (χ4v) is 2.43. The van der Waals surface area contributed by atoms with Gasteiger partial charge in [0.2, 0.25) is 0 Å². The summed E-state index contributed by atoms with van der Waals surface area (Å²) >= 11 is 0. The van der Waals surface area contributed by atoms with E-state index in [1.54, 1.807) is 18.3 Å². The van der Waals surface area contributed by atoms with Crippen molar-refractivity contribution in [1.82, 2.24) is 9.88 Å². The summed E-state index contributed by atoms with van der Waals surface area (Å²) in [5, 5.41) is 0. The van der Waals surface area contributed by atoms with E-state index in [2.05, 4.69) is 4.98 Å². The van der Waals surface area contributed by atoms with Crippen LogP contribution in [-0.2, 0) is 4.79 Å². The predicted octanol–water partition coefficient (Wildman–Crippen LogP) is 1.65. The van der Waals surface area contributed by atoms with E-state index in [0.29, 0.717) is 31.6 Å². The third-order valence-corrected chi connectivity index (χ3v) is 3.67. The van der Waals surface area contributed by atoms with Crippen molar-refractivity contribution in [3.05, 3.63) is 18.3 Å². The number of nitrogens with two attached hydrogens (primary N) is 1. The molecule has 0 atom stereocenters. The van der Waals surface area contributed by atoms with Crippen molar-refractivity contribution in [1.29, 1.82) is 0 Å². The summed E-state index contributed by atoms with van der Waals surface area (Å²) in [4.78, 5) is 18.2. The molecule has 21 heavy (non-hydrogen) atoms. The van der Waals surface area contributed by atoms with Crippen LogP contribution in [-0.4, -0.2) is 48.1 Å². The third-order valence-electron chi connectivity index (χ3n) is 3.67. The number of amides is 1. The number of aromatic nitrogens is 1. The molecule has 0 spiro atoms. The van der Waals surface area contributed by atoms with Crippen molar-refractivity contribution in [2.75, 3.05) is 30.8 Å². The molecule has 0 unspecified atom stereocenters. The number of nitrogens with zero attached hydrogens (tertiary/aromatic N) is 3. The average Bonchev–Trinajstić information content (AvgIpc) is 2.46. The van der Waals surface area contributed by atoms with Crippen LogP contribution in [0.2, 0.25) is 0 Å². The van der Waals surface area contributed by atoms with Crippen molar-refractivity contribution in [2.45, 2.75) is 25.1 Å². The van der Waals surface area contributed by atoms with E-state index in [1.165, 1.54) is 7.05 Å². The third kappa shape index (κ3) is 3.56. The second-order valence-corrected chi connectivity index (χ2v) is 5.08. The molecule has 0 radical (unpaired) electrons. The molecule has 8 heteroatoms. The zero-order chi connectivity index (χ0) is 15.6. The van der Waals surface area contributed by atoms with Crippen LogP contribution >= 0.6 is 0 Å². The Morgan fingerprint density at radius 2 is 2.00 bits per heavy atom. The number of alkyl halides is 3. The summed E-state index contributed by atoms with van der Waals surface area (Å²) in [6.45, 7) is 1.11. The van der Waals surface area contributed by atoms with Gasteiger partial charge in [-0.2, -0.15) is 13.2 Å². The normalized spacial score (nSPS) is 16.9. The van der Waals surface area contributed by atoms with Gasteiger partial charge in [0.25, 0.3) is 0 Å². The van der Waals surface area contributed by atoms with Crippen LogP contribution < -0.4 is 10.6 Å². The number of hydrogen-bond acceptors (Lipinski definition) is 4. The molecule has 1 aromatic heterocycles. The number of pyridine rings is 1. The largest absolute Gasteiger partial charge is 0.471 e. The number of anilines is 2. The number of carbonyl (C=O) groups is 1. The number of piperidine rings is 1. The fourth-order valence-electron chi connectivity index (χ4n) is 2.43. The maximum absolute atomic E-state index is 12.4. The van der Waals surface area contributed by atoms with Gasteiger partial charge in [-0.15, -0.1) is 0 Å². The minimum Gasteiger partial charge on any atom is -0.397 e. The summed E-state index contributed by atoms with van der Waals surface area (Å²) in [7, 11) is 1.21. The minimum absolute atomic E-state index is 0.399. The SMILES string of the molecule is CN(C(=O)C(F)(F)F)C1CCN(c2ccc(N)cn2)CC1. The maximum atomic E-state index is 12.4. The number of nitrogen functional groups attached to an aromatic ring is 1. The summed E-state index contributed by atoms with van der Waals surface area (Å²) < 4.78 is 37.2. The molecule has 1 aromatic rings. The highest BCUT2D eigenvalue weighted by Gasteiger charge is 2.43. The van der Waals surface area contributed by atoms with Crippen molar-refractivity contribution in [2.24, 2.45) is 0 Å². The average molecular weight is 302 g/mol. The summed E-state index contributed by atoms with van der Waals surface area (Å²) in [6.07, 6.45) is -2.32. The lowest BCUT2D eigenvalue weighted by Gasteiger charge is -2.37. The topological polar surface area (TPSA) is 62.5 Å². The molecule has 0 aromatic carbocycles. The number of hydrogen-bond donors (Lipinski definition) is 1. The maximum Gasteiger partial charge on any atom is 0.471 e. The van der Waals surface area contributed by atoms with Gasteiger partial charge in [0.05, 0.1) is 11.9 Å². The Hall–Kier alpha value is -1.99. The molecule has 2 heterocycles. The van der Waals surface area contributed by atoms with Crippen LogP contribution in [0.4, 0.5) is 24.7 Å². The van der Waals surface area contributed by atoms with Crippen LogP contribution in [0.1, 0.15) is 12.8 Å². The van der Waals surface area contributed by atoms with E-state index in [1.807, 2.05) is 4.90 Å². The van der Waals surface area contributed by atoms with Crippen LogP contribution in [0.5, 0.6) is 0 Å². The quantitative estimate of drug-likeness (QED) is 0.902. The van der Waals surface area contributed by atoms with Gasteiger partial charge in [0.15, 0.2) is 0 Å². The standard InChI is InChI=1S/C13H17F3N4O/c1-19(12(21)13(14,15)16)10-4-6-20(7-5-10)11-3-2-9(17)8-18-11/h2-3,8,10H,4-7,17H2,1H3. The van der Waals surface area contributed by atoms with Crippen LogP contribution in [0, 0.1) is 0 Å². The molecule has 116 valence electrons. The van der Waals surface area contributed by atoms with Gasteiger partial charge in [-0.05, 0) is 25.0 Å². The molecule has 0 bridgehead atoms. The number of rotatable bonds is 2. The van der Waals surface area contributed by atoms with Crippen LogP contribution in [0.15, 0.2) is 18.3 Å². The van der Waals surface area contributed by atoms with E-state index in [-0.39, 0.29) is 0 Å². The first-order chi connectivity index (χ1) is 9.79. The highest BCUT2D eigenvalue weighted by molar-refractivity contribution is 5.81. The monoisotopic (exact) mass is 302 g/mol. The Balaban J connectivity index is 1.94. The van der Waals surface area contributed by atoms with Gasteiger partial charge in [-0.1, -0.05) is 0 Å². The van der Waals surface area contributed by atoms with Crippen LogP contribution in [0.25, 0.3) is 0 Å². The predicted molar refractivity (Wildman–Crippen MR) is 72.7 cm³/mol. The van der Waals surface area contributed by atoms with Gasteiger partial charge < -0.3 is 15.5 Å². The lowest BCUT2D eigenvalue weighted by atomic mass is 10.0. The minimum atomic E-state index is -4.82. The van der Waals surface area contributed by atoms with E-state index < -0.39 is 18.1 Å². The van der Waals surface area contributed by atoms with Crippen molar-refractivity contribution >= 4 is 17.4 Å². The summed E-state index contributed by atoms with van der Waals surface area (Å²) in [6, 6.07) is 3.11. The van der Waals surface area contributed by atoms with Crippen LogP contribution in [0.3, 0.4) is 0 Å². The Kier molecular flexibility index (Phi) is 4.24. The lowest BCUT2D eigenvalue weighted by Crippen LogP contribution is -2.49. The molecule has 5 nitrogen and oxygen atoms in total. The number of halogens is 3. The van der Waals surface area contributed by atoms with Gasteiger partial charge in [0.1, 0.15) is 5.82 Å². The molecule has 1 saturated heterocycles. The zero-order valence-electron chi connectivity index (χ0n) is 11.6. The first kappa shape index (κ1) is 15.4. The van der Waals surface area contributed by atoms with E-state index in [4.69, 9.17) is 5.73 Å². The van der Waals surface area contributed by atoms with Gasteiger partial charge in [-0.25, -0.2) is 4.98 Å². The fraction of sp³-hybridized carbons (Fsp3) is 0.538. The molecule has 2 N–H and O–H groups in total. The van der Waals surface area contributed by atoms with Crippen molar-refractivity contribution < 1.29 is 18.0 Å². The zero-order valence-corrected chi connectivity index (χ0v) is 11.6. The Bertz CT molecular complexity index is 495. The summed E-state index contributed by atoms with van der Waals surface area (Å²) in [5.74, 6) is -1.04. The molecular weight excluding hydrogens is 285 g/mol. The highest BCUT2D eigenvalue weighted by Crippen LogP contribution is 2.24. The van der Waals surface area contributed by atoms with E-state index in [0.717, 1.165) is 10.7 Å². The second kappa shape index (κ2) is 5.79. The first-order valence-electron chi connectivity index (χ1n) is 6.59. The first-order valence-corrected chi connectivity index (χ1v) is 6.59. The van der Waals surface area contributed by atoms with E-state index >= 15 is 0 Å². The highest BCUT2D eigenvalue weighted by atomic mass is 19.4. The lowest BCUT2D eigenvalue weighted by molar-refractivity contribution is -0.186. The molecule has 0 aliphatic carbocycles. The Morgan fingerprint density at radius 1 is 1.38 bits per heavy atom. The number of carbonyl (C=O) groups excluding carboxylic acids is 1.